The van der Waals surface area contributed by atoms with Crippen molar-refractivity contribution in [3.05, 3.63) is 54.3 Å². The topological polar surface area (TPSA) is 102 Å². The summed E-state index contributed by atoms with van der Waals surface area (Å²) in [6, 6.07) is 8.17. The zero-order valence-corrected chi connectivity index (χ0v) is 11.8. The number of aromatic nitrogens is 1. The lowest BCUT2D eigenvalue weighted by atomic mass is 10.0. The molecule has 7 nitrogen and oxygen atoms in total. The standard InChI is InChI=1S/C15H14N2O5/c1-15(19,13-5-3-7-21-13)9-16-14(18)10-8-12(22-17-10)11-4-2-6-20-11/h2-8,19H,9H2,1H3,(H,16,18)/t15-/m1/s1. The highest BCUT2D eigenvalue weighted by Gasteiger charge is 2.27. The zero-order valence-electron chi connectivity index (χ0n) is 11.8. The molecule has 3 aromatic heterocycles. The van der Waals surface area contributed by atoms with Crippen molar-refractivity contribution in [2.24, 2.45) is 0 Å². The summed E-state index contributed by atoms with van der Waals surface area (Å²) >= 11 is 0. The Labute approximate surface area is 125 Å². The van der Waals surface area contributed by atoms with Gasteiger partial charge < -0.3 is 23.8 Å². The molecule has 0 spiro atoms. The molecule has 0 aliphatic rings. The number of furan rings is 2. The fraction of sp³-hybridized carbons (Fsp3) is 0.200. The van der Waals surface area contributed by atoms with Crippen molar-refractivity contribution in [2.45, 2.75) is 12.5 Å². The van der Waals surface area contributed by atoms with Gasteiger partial charge in [-0.1, -0.05) is 5.16 Å². The Morgan fingerprint density at radius 3 is 2.73 bits per heavy atom. The van der Waals surface area contributed by atoms with Crippen molar-refractivity contribution in [3.8, 4) is 11.5 Å². The van der Waals surface area contributed by atoms with E-state index in [0.717, 1.165) is 0 Å². The van der Waals surface area contributed by atoms with Crippen LogP contribution in [0.25, 0.3) is 11.5 Å². The van der Waals surface area contributed by atoms with Crippen LogP contribution in [0.15, 0.2) is 56.2 Å². The van der Waals surface area contributed by atoms with Crippen LogP contribution >= 0.6 is 0 Å². The second-order valence-electron chi connectivity index (χ2n) is 4.99. The maximum atomic E-state index is 12.0. The molecule has 1 atom stereocenters. The molecule has 0 aliphatic heterocycles. The van der Waals surface area contributed by atoms with Gasteiger partial charge in [-0.05, 0) is 31.2 Å². The highest BCUT2D eigenvalue weighted by molar-refractivity contribution is 5.92. The SMILES string of the molecule is C[C@@](O)(CNC(=O)c1cc(-c2ccco2)on1)c1ccco1. The molecule has 1 amide bonds. The Bertz CT molecular complexity index is 741. The summed E-state index contributed by atoms with van der Waals surface area (Å²) in [4.78, 5) is 12.0. The van der Waals surface area contributed by atoms with E-state index in [4.69, 9.17) is 13.4 Å². The summed E-state index contributed by atoms with van der Waals surface area (Å²) in [6.45, 7) is 1.52. The number of carbonyl (C=O) groups is 1. The molecule has 3 heterocycles. The highest BCUT2D eigenvalue weighted by Crippen LogP contribution is 2.22. The summed E-state index contributed by atoms with van der Waals surface area (Å²) in [5, 5.41) is 16.5. The number of hydrogen-bond acceptors (Lipinski definition) is 6. The Kier molecular flexibility index (Phi) is 3.56. The van der Waals surface area contributed by atoms with Crippen molar-refractivity contribution in [1.82, 2.24) is 10.5 Å². The molecule has 0 radical (unpaired) electrons. The van der Waals surface area contributed by atoms with Gasteiger partial charge in [-0.3, -0.25) is 4.79 Å². The number of nitrogens with one attached hydrogen (secondary N) is 1. The van der Waals surface area contributed by atoms with E-state index in [0.29, 0.717) is 17.3 Å². The summed E-state index contributed by atoms with van der Waals surface area (Å²) in [5.74, 6) is 0.736. The van der Waals surface area contributed by atoms with E-state index in [1.165, 1.54) is 18.6 Å². The van der Waals surface area contributed by atoms with Gasteiger partial charge in [0, 0.05) is 6.07 Å². The first kappa shape index (κ1) is 14.2. The highest BCUT2D eigenvalue weighted by atomic mass is 16.5. The Morgan fingerprint density at radius 1 is 1.27 bits per heavy atom. The van der Waals surface area contributed by atoms with Crippen LogP contribution in [0.3, 0.4) is 0 Å². The van der Waals surface area contributed by atoms with Gasteiger partial charge in [0.25, 0.3) is 5.91 Å². The number of aliphatic hydroxyl groups is 1. The first-order valence-electron chi connectivity index (χ1n) is 6.61. The molecule has 0 aliphatic carbocycles. The number of hydrogen-bond donors (Lipinski definition) is 2. The predicted octanol–water partition coefficient (Wildman–Crippen LogP) is 2.17. The van der Waals surface area contributed by atoms with Crippen LogP contribution in [-0.2, 0) is 5.60 Å². The third-order valence-corrected chi connectivity index (χ3v) is 3.15. The normalized spacial score (nSPS) is 13.7. The van der Waals surface area contributed by atoms with Crippen molar-refractivity contribution >= 4 is 5.91 Å². The van der Waals surface area contributed by atoms with Crippen molar-refractivity contribution in [2.75, 3.05) is 6.54 Å². The lowest BCUT2D eigenvalue weighted by Crippen LogP contribution is -2.38. The fourth-order valence-electron chi connectivity index (χ4n) is 1.93. The summed E-state index contributed by atoms with van der Waals surface area (Å²) in [6.07, 6.45) is 2.96. The molecule has 7 heteroatoms. The number of amides is 1. The van der Waals surface area contributed by atoms with E-state index in [-0.39, 0.29) is 12.2 Å². The molecule has 0 saturated carbocycles. The molecular weight excluding hydrogens is 288 g/mol. The first-order chi connectivity index (χ1) is 10.6. The first-order valence-corrected chi connectivity index (χ1v) is 6.61. The maximum Gasteiger partial charge on any atom is 0.273 e. The van der Waals surface area contributed by atoms with Crippen LogP contribution in [0.4, 0.5) is 0 Å². The minimum atomic E-state index is -1.31. The van der Waals surface area contributed by atoms with Gasteiger partial charge in [-0.25, -0.2) is 0 Å². The average molecular weight is 302 g/mol. The van der Waals surface area contributed by atoms with Crippen LogP contribution in [-0.4, -0.2) is 22.7 Å². The van der Waals surface area contributed by atoms with Gasteiger partial charge in [0.05, 0.1) is 19.1 Å². The summed E-state index contributed by atoms with van der Waals surface area (Å²) < 4.78 is 15.3. The molecule has 22 heavy (non-hydrogen) atoms. The van der Waals surface area contributed by atoms with E-state index in [1.54, 1.807) is 31.2 Å². The Balaban J connectivity index is 1.65. The molecule has 3 rings (SSSR count). The molecule has 0 fully saturated rings. The van der Waals surface area contributed by atoms with E-state index < -0.39 is 11.5 Å². The third-order valence-electron chi connectivity index (χ3n) is 3.15. The van der Waals surface area contributed by atoms with Crippen molar-refractivity contribution in [1.29, 1.82) is 0 Å². The van der Waals surface area contributed by atoms with Crippen LogP contribution < -0.4 is 5.32 Å². The third kappa shape index (κ3) is 2.79. The number of carbonyl (C=O) groups excluding carboxylic acids is 1. The van der Waals surface area contributed by atoms with E-state index in [1.807, 2.05) is 0 Å². The number of rotatable bonds is 5. The van der Waals surface area contributed by atoms with Crippen molar-refractivity contribution < 1.29 is 23.3 Å². The second kappa shape index (κ2) is 5.53. The fourth-order valence-corrected chi connectivity index (χ4v) is 1.93. The van der Waals surface area contributed by atoms with Crippen LogP contribution in [0, 0.1) is 0 Å². The maximum absolute atomic E-state index is 12.0. The molecule has 2 N–H and O–H groups in total. The molecule has 0 bridgehead atoms. The largest absolute Gasteiger partial charge is 0.466 e. The summed E-state index contributed by atoms with van der Waals surface area (Å²) in [5.41, 5.74) is -1.21. The number of nitrogens with zero attached hydrogens (tertiary/aromatic N) is 1. The quantitative estimate of drug-likeness (QED) is 0.749. The Morgan fingerprint density at radius 2 is 2.05 bits per heavy atom. The molecule has 114 valence electrons. The monoisotopic (exact) mass is 302 g/mol. The van der Waals surface area contributed by atoms with Crippen LogP contribution in [0.1, 0.15) is 23.2 Å². The van der Waals surface area contributed by atoms with Crippen molar-refractivity contribution in [3.63, 3.8) is 0 Å². The second-order valence-corrected chi connectivity index (χ2v) is 4.99. The predicted molar refractivity (Wildman–Crippen MR) is 74.8 cm³/mol. The lowest BCUT2D eigenvalue weighted by molar-refractivity contribution is 0.0329. The van der Waals surface area contributed by atoms with Gasteiger partial charge in [-0.2, -0.15) is 0 Å². The average Bonchev–Trinajstić information content (AvgIpc) is 3.26. The van der Waals surface area contributed by atoms with Crippen LogP contribution in [0.2, 0.25) is 0 Å². The van der Waals surface area contributed by atoms with Gasteiger partial charge in [0.2, 0.25) is 5.76 Å². The zero-order chi connectivity index (χ0) is 15.6. The summed E-state index contributed by atoms with van der Waals surface area (Å²) in [7, 11) is 0. The lowest BCUT2D eigenvalue weighted by Gasteiger charge is -2.20. The molecule has 3 aromatic rings. The Hall–Kier alpha value is -2.80. The van der Waals surface area contributed by atoms with Crippen LogP contribution in [0.5, 0.6) is 0 Å². The minimum absolute atomic E-state index is 0.0255. The van der Waals surface area contributed by atoms with Gasteiger partial charge in [0.15, 0.2) is 11.5 Å². The molecule has 0 aromatic carbocycles. The van der Waals surface area contributed by atoms with E-state index in [9.17, 15) is 9.90 Å². The van der Waals surface area contributed by atoms with Gasteiger partial charge in [-0.15, -0.1) is 0 Å². The smallest absolute Gasteiger partial charge is 0.273 e. The van der Waals surface area contributed by atoms with Gasteiger partial charge >= 0.3 is 0 Å². The van der Waals surface area contributed by atoms with E-state index >= 15 is 0 Å². The van der Waals surface area contributed by atoms with Gasteiger partial charge in [0.1, 0.15) is 11.4 Å². The molecule has 0 unspecified atom stereocenters. The van der Waals surface area contributed by atoms with E-state index in [2.05, 4.69) is 10.5 Å². The molecular formula is C15H14N2O5. The molecule has 0 saturated heterocycles. The minimum Gasteiger partial charge on any atom is -0.466 e.